The molecule has 4 rings (SSSR count). The van der Waals surface area contributed by atoms with E-state index in [4.69, 9.17) is 14.6 Å². The summed E-state index contributed by atoms with van der Waals surface area (Å²) in [4.78, 5) is 15.4. The maximum absolute atomic E-state index is 11.1. The third-order valence-corrected chi connectivity index (χ3v) is 4.03. The SMILES string of the molecule is O=C(O)c1cc2cc(-c3cnc4ccc(NCCCO)nn34)ccc2o1. The van der Waals surface area contributed by atoms with Crippen LogP contribution in [0, 0.1) is 0 Å². The van der Waals surface area contributed by atoms with Crippen LogP contribution in [0.5, 0.6) is 0 Å². The molecule has 3 aromatic heterocycles. The van der Waals surface area contributed by atoms with Crippen LogP contribution in [0.25, 0.3) is 27.9 Å². The van der Waals surface area contributed by atoms with Crippen molar-refractivity contribution in [1.29, 1.82) is 0 Å². The lowest BCUT2D eigenvalue weighted by Crippen LogP contribution is -2.07. The van der Waals surface area contributed by atoms with Crippen LogP contribution in [0.2, 0.25) is 0 Å². The fourth-order valence-electron chi connectivity index (χ4n) is 2.77. The summed E-state index contributed by atoms with van der Waals surface area (Å²) in [6, 6.07) is 10.6. The summed E-state index contributed by atoms with van der Waals surface area (Å²) in [5.74, 6) is -0.510. The van der Waals surface area contributed by atoms with Crippen molar-refractivity contribution in [3.05, 3.63) is 48.4 Å². The first kappa shape index (κ1) is 16.1. The van der Waals surface area contributed by atoms with E-state index < -0.39 is 5.97 Å². The van der Waals surface area contributed by atoms with Crippen molar-refractivity contribution in [3.63, 3.8) is 0 Å². The standard InChI is InChI=1S/C18H16N4O4/c23-7-1-6-19-16-4-5-17-20-10-13(22(17)21-16)11-2-3-14-12(8-11)9-15(26-14)18(24)25/h2-5,8-10,23H,1,6-7H2,(H,19,21)(H,24,25). The summed E-state index contributed by atoms with van der Waals surface area (Å²) in [7, 11) is 0. The average Bonchev–Trinajstić information content (AvgIpc) is 3.25. The number of carboxylic acids is 1. The Bertz CT molecular complexity index is 1100. The van der Waals surface area contributed by atoms with Crippen LogP contribution >= 0.6 is 0 Å². The molecule has 4 aromatic rings. The van der Waals surface area contributed by atoms with Crippen molar-refractivity contribution in [2.75, 3.05) is 18.5 Å². The molecule has 8 heteroatoms. The largest absolute Gasteiger partial charge is 0.475 e. The molecule has 3 heterocycles. The third kappa shape index (κ3) is 2.86. The smallest absolute Gasteiger partial charge is 0.371 e. The number of benzene rings is 1. The van der Waals surface area contributed by atoms with Gasteiger partial charge in [-0.3, -0.25) is 0 Å². The highest BCUT2D eigenvalue weighted by Crippen LogP contribution is 2.27. The van der Waals surface area contributed by atoms with E-state index in [1.165, 1.54) is 6.07 Å². The number of rotatable bonds is 6. The number of carbonyl (C=O) groups is 1. The van der Waals surface area contributed by atoms with Crippen LogP contribution < -0.4 is 5.32 Å². The summed E-state index contributed by atoms with van der Waals surface area (Å²) in [6.07, 6.45) is 2.36. The van der Waals surface area contributed by atoms with Crippen LogP contribution in [0.1, 0.15) is 17.0 Å². The number of nitrogens with zero attached hydrogens (tertiary/aromatic N) is 3. The van der Waals surface area contributed by atoms with E-state index in [1.54, 1.807) is 16.8 Å². The van der Waals surface area contributed by atoms with Gasteiger partial charge in [-0.15, -0.1) is 5.10 Å². The molecule has 26 heavy (non-hydrogen) atoms. The topological polar surface area (TPSA) is 113 Å². The van der Waals surface area contributed by atoms with Gasteiger partial charge in [-0.05, 0) is 42.8 Å². The minimum Gasteiger partial charge on any atom is -0.475 e. The van der Waals surface area contributed by atoms with Crippen LogP contribution in [0.4, 0.5) is 5.82 Å². The Labute approximate surface area is 147 Å². The predicted octanol–water partition coefficient (Wildman–Crippen LogP) is 2.64. The Balaban J connectivity index is 1.74. The Hall–Kier alpha value is -3.39. The highest BCUT2D eigenvalue weighted by atomic mass is 16.4. The Morgan fingerprint density at radius 3 is 2.92 bits per heavy atom. The second kappa shape index (κ2) is 6.49. The molecule has 0 unspecified atom stereocenters. The highest BCUT2D eigenvalue weighted by Gasteiger charge is 2.13. The van der Waals surface area contributed by atoms with Crippen molar-refractivity contribution in [1.82, 2.24) is 14.6 Å². The maximum atomic E-state index is 11.1. The molecule has 132 valence electrons. The van der Waals surface area contributed by atoms with Crippen molar-refractivity contribution in [3.8, 4) is 11.3 Å². The zero-order valence-electron chi connectivity index (χ0n) is 13.7. The molecule has 0 aliphatic rings. The van der Waals surface area contributed by atoms with E-state index in [9.17, 15) is 4.79 Å². The highest BCUT2D eigenvalue weighted by molar-refractivity contribution is 5.92. The summed E-state index contributed by atoms with van der Waals surface area (Å²) in [5.41, 5.74) is 2.85. The van der Waals surface area contributed by atoms with Crippen LogP contribution in [0.15, 0.2) is 47.0 Å². The number of imidazole rings is 1. The van der Waals surface area contributed by atoms with Crippen molar-refractivity contribution >= 4 is 28.4 Å². The van der Waals surface area contributed by atoms with E-state index in [0.717, 1.165) is 11.3 Å². The van der Waals surface area contributed by atoms with Gasteiger partial charge in [0.25, 0.3) is 0 Å². The van der Waals surface area contributed by atoms with E-state index in [1.807, 2.05) is 24.3 Å². The summed E-state index contributed by atoms with van der Waals surface area (Å²) in [5, 5.41) is 26.3. The lowest BCUT2D eigenvalue weighted by Gasteiger charge is -2.06. The molecule has 3 N–H and O–H groups in total. The number of furan rings is 1. The zero-order chi connectivity index (χ0) is 18.1. The lowest BCUT2D eigenvalue weighted by molar-refractivity contribution is 0.0665. The molecule has 0 spiro atoms. The number of aliphatic hydroxyl groups excluding tert-OH is 1. The van der Waals surface area contributed by atoms with Crippen molar-refractivity contribution in [2.45, 2.75) is 6.42 Å². The molecule has 0 saturated heterocycles. The second-order valence-electron chi connectivity index (χ2n) is 5.80. The van der Waals surface area contributed by atoms with Gasteiger partial charge in [0.2, 0.25) is 5.76 Å². The van der Waals surface area contributed by atoms with Gasteiger partial charge in [-0.1, -0.05) is 0 Å². The first-order valence-electron chi connectivity index (χ1n) is 8.12. The van der Waals surface area contributed by atoms with E-state index in [0.29, 0.717) is 35.4 Å². The second-order valence-corrected chi connectivity index (χ2v) is 5.80. The molecule has 0 aliphatic heterocycles. The number of hydrogen-bond acceptors (Lipinski definition) is 6. The first-order chi connectivity index (χ1) is 12.7. The Kier molecular flexibility index (Phi) is 4.02. The summed E-state index contributed by atoms with van der Waals surface area (Å²) in [6.45, 7) is 0.743. The molecule has 0 fully saturated rings. The molecule has 1 aromatic carbocycles. The number of fused-ring (bicyclic) bond motifs is 2. The van der Waals surface area contributed by atoms with Gasteiger partial charge >= 0.3 is 5.97 Å². The maximum Gasteiger partial charge on any atom is 0.371 e. The van der Waals surface area contributed by atoms with Gasteiger partial charge in [0.05, 0.1) is 11.9 Å². The van der Waals surface area contributed by atoms with Crippen LogP contribution in [-0.2, 0) is 0 Å². The van der Waals surface area contributed by atoms with Crippen molar-refractivity contribution < 1.29 is 19.4 Å². The Morgan fingerprint density at radius 1 is 1.23 bits per heavy atom. The zero-order valence-corrected chi connectivity index (χ0v) is 13.7. The van der Waals surface area contributed by atoms with Crippen LogP contribution in [0.3, 0.4) is 0 Å². The van der Waals surface area contributed by atoms with Gasteiger partial charge in [-0.25, -0.2) is 14.3 Å². The number of anilines is 1. The molecule has 0 aliphatic carbocycles. The molecule has 0 atom stereocenters. The first-order valence-corrected chi connectivity index (χ1v) is 8.12. The monoisotopic (exact) mass is 352 g/mol. The quantitative estimate of drug-likeness (QED) is 0.457. The molecule has 0 radical (unpaired) electrons. The van der Waals surface area contributed by atoms with Gasteiger partial charge in [-0.2, -0.15) is 0 Å². The molecule has 8 nitrogen and oxygen atoms in total. The molecule has 0 amide bonds. The Morgan fingerprint density at radius 2 is 2.12 bits per heavy atom. The molecular formula is C18H16N4O4. The molecular weight excluding hydrogens is 336 g/mol. The number of aromatic nitrogens is 3. The molecule has 0 saturated carbocycles. The number of carboxylic acid groups (broad SMARTS) is 1. The van der Waals surface area contributed by atoms with E-state index in [2.05, 4.69) is 15.4 Å². The number of hydrogen-bond donors (Lipinski definition) is 3. The number of aromatic carboxylic acids is 1. The van der Waals surface area contributed by atoms with Gasteiger partial charge in [0.1, 0.15) is 11.4 Å². The minimum absolute atomic E-state index is 0.0937. The van der Waals surface area contributed by atoms with E-state index in [-0.39, 0.29) is 12.4 Å². The average molecular weight is 352 g/mol. The van der Waals surface area contributed by atoms with Crippen LogP contribution in [-0.4, -0.2) is 43.9 Å². The van der Waals surface area contributed by atoms with Gasteiger partial charge in [0.15, 0.2) is 5.65 Å². The van der Waals surface area contributed by atoms with Crippen molar-refractivity contribution in [2.24, 2.45) is 0 Å². The third-order valence-electron chi connectivity index (χ3n) is 4.03. The number of aliphatic hydroxyl groups is 1. The van der Waals surface area contributed by atoms with E-state index >= 15 is 0 Å². The lowest BCUT2D eigenvalue weighted by atomic mass is 10.1. The summed E-state index contributed by atoms with van der Waals surface area (Å²) >= 11 is 0. The summed E-state index contributed by atoms with van der Waals surface area (Å²) < 4.78 is 7.02. The fraction of sp³-hybridized carbons (Fsp3) is 0.167. The predicted molar refractivity (Wildman–Crippen MR) is 95.3 cm³/mol. The number of nitrogens with one attached hydrogen (secondary N) is 1. The minimum atomic E-state index is -1.10. The normalized spacial score (nSPS) is 11.3. The van der Waals surface area contributed by atoms with Gasteiger partial charge in [0, 0.05) is 24.1 Å². The molecule has 0 bridgehead atoms. The fourth-order valence-corrected chi connectivity index (χ4v) is 2.77. The van der Waals surface area contributed by atoms with Gasteiger partial charge < -0.3 is 19.9 Å².